The fourth-order valence-corrected chi connectivity index (χ4v) is 2.58. The second-order valence-electron chi connectivity index (χ2n) is 6.05. The lowest BCUT2D eigenvalue weighted by Gasteiger charge is -2.18. The van der Waals surface area contributed by atoms with E-state index in [0.29, 0.717) is 0 Å². The van der Waals surface area contributed by atoms with Crippen LogP contribution in [0.25, 0.3) is 0 Å². The van der Waals surface area contributed by atoms with Gasteiger partial charge in [-0.3, -0.25) is 4.79 Å². The van der Waals surface area contributed by atoms with Gasteiger partial charge in [-0.25, -0.2) is 10.2 Å². The van der Waals surface area contributed by atoms with Crippen molar-refractivity contribution in [3.63, 3.8) is 0 Å². The predicted octanol–water partition coefficient (Wildman–Crippen LogP) is 3.33. The van der Waals surface area contributed by atoms with Crippen molar-refractivity contribution in [1.29, 1.82) is 0 Å². The third-order valence-corrected chi connectivity index (χ3v) is 4.03. The largest absolute Gasteiger partial charge is 0.497 e. The fraction of sp³-hybridized carbons (Fsp3) is 0.286. The van der Waals surface area contributed by atoms with E-state index in [1.54, 1.807) is 20.2 Å². The molecule has 28 heavy (non-hydrogen) atoms. The molecule has 0 aliphatic rings. The van der Waals surface area contributed by atoms with Crippen LogP contribution in [0.5, 0.6) is 5.75 Å². The number of amides is 2. The molecule has 2 rings (SSSR count). The fourth-order valence-electron chi connectivity index (χ4n) is 2.58. The molecule has 0 unspecified atom stereocenters. The van der Waals surface area contributed by atoms with E-state index in [9.17, 15) is 9.59 Å². The summed E-state index contributed by atoms with van der Waals surface area (Å²) in [5.74, 6) is 0.433. The maximum atomic E-state index is 12.3. The highest BCUT2D eigenvalue weighted by Crippen LogP contribution is 2.17. The van der Waals surface area contributed by atoms with Crippen LogP contribution in [-0.2, 0) is 9.53 Å². The molecule has 0 spiro atoms. The van der Waals surface area contributed by atoms with E-state index in [0.717, 1.165) is 22.4 Å². The summed E-state index contributed by atoms with van der Waals surface area (Å²) in [5.41, 5.74) is 5.15. The Hall–Kier alpha value is -3.35. The highest BCUT2D eigenvalue weighted by atomic mass is 16.5. The van der Waals surface area contributed by atoms with Gasteiger partial charge in [0, 0.05) is 0 Å². The standard InChI is InChI=1S/C21H25N3O4/c1-4-28-21(26)23-19(16-8-6-5-7-9-16)13-20(25)24-22-14-17-10-11-18(27-3)12-15(17)2/h5-12,14,19H,4,13H2,1-3H3,(H,23,26)(H,24,25)/b22-14-/t19-/m1/s1. The highest BCUT2D eigenvalue weighted by molar-refractivity contribution is 5.84. The van der Waals surface area contributed by atoms with Crippen LogP contribution in [0.3, 0.4) is 0 Å². The van der Waals surface area contributed by atoms with E-state index in [1.165, 1.54) is 0 Å². The van der Waals surface area contributed by atoms with Crippen LogP contribution in [0.15, 0.2) is 53.6 Å². The number of benzene rings is 2. The third-order valence-electron chi connectivity index (χ3n) is 4.03. The van der Waals surface area contributed by atoms with Crippen LogP contribution in [0.1, 0.15) is 36.1 Å². The molecule has 2 amide bonds. The molecule has 2 aromatic rings. The Balaban J connectivity index is 2.00. The van der Waals surface area contributed by atoms with Crippen molar-refractivity contribution in [2.75, 3.05) is 13.7 Å². The van der Waals surface area contributed by atoms with Gasteiger partial charge < -0.3 is 14.8 Å². The monoisotopic (exact) mass is 383 g/mol. The van der Waals surface area contributed by atoms with Crippen LogP contribution in [0, 0.1) is 6.92 Å². The minimum Gasteiger partial charge on any atom is -0.497 e. The lowest BCUT2D eigenvalue weighted by molar-refractivity contribution is -0.121. The molecule has 7 heteroatoms. The van der Waals surface area contributed by atoms with Gasteiger partial charge in [-0.2, -0.15) is 5.10 Å². The molecule has 0 heterocycles. The Morgan fingerprint density at radius 2 is 1.93 bits per heavy atom. The number of carbonyl (C=O) groups excluding carboxylic acids is 2. The number of hydrogen-bond donors (Lipinski definition) is 2. The number of alkyl carbamates (subject to hydrolysis) is 1. The molecule has 1 atom stereocenters. The van der Waals surface area contributed by atoms with E-state index in [2.05, 4.69) is 15.8 Å². The van der Waals surface area contributed by atoms with Crippen molar-refractivity contribution in [3.8, 4) is 5.75 Å². The zero-order valence-electron chi connectivity index (χ0n) is 16.3. The molecule has 148 valence electrons. The summed E-state index contributed by atoms with van der Waals surface area (Å²) in [6, 6.07) is 14.3. The van der Waals surface area contributed by atoms with Gasteiger partial charge in [0.25, 0.3) is 0 Å². The van der Waals surface area contributed by atoms with E-state index >= 15 is 0 Å². The number of rotatable bonds is 8. The average molecular weight is 383 g/mol. The molecule has 0 aliphatic carbocycles. The predicted molar refractivity (Wildman–Crippen MR) is 107 cm³/mol. The smallest absolute Gasteiger partial charge is 0.407 e. The summed E-state index contributed by atoms with van der Waals surface area (Å²) in [7, 11) is 1.61. The van der Waals surface area contributed by atoms with Gasteiger partial charge in [0.05, 0.1) is 32.4 Å². The first-order valence-corrected chi connectivity index (χ1v) is 8.98. The molecule has 0 aromatic heterocycles. The number of nitrogens with zero attached hydrogens (tertiary/aromatic N) is 1. The Labute approximate surface area is 164 Å². The van der Waals surface area contributed by atoms with Gasteiger partial charge >= 0.3 is 6.09 Å². The molecule has 2 aromatic carbocycles. The van der Waals surface area contributed by atoms with E-state index in [4.69, 9.17) is 9.47 Å². The molecule has 0 bridgehead atoms. The summed E-state index contributed by atoms with van der Waals surface area (Å²) >= 11 is 0. The van der Waals surface area contributed by atoms with Crippen LogP contribution in [0.2, 0.25) is 0 Å². The highest BCUT2D eigenvalue weighted by Gasteiger charge is 2.18. The van der Waals surface area contributed by atoms with Crippen molar-refractivity contribution in [1.82, 2.24) is 10.7 Å². The SMILES string of the molecule is CCOC(=O)N[C@H](CC(=O)N/N=C\c1ccc(OC)cc1C)c1ccccc1. The first-order valence-electron chi connectivity index (χ1n) is 8.98. The second-order valence-corrected chi connectivity index (χ2v) is 6.05. The van der Waals surface area contributed by atoms with E-state index in [-0.39, 0.29) is 18.9 Å². The van der Waals surface area contributed by atoms with Crippen molar-refractivity contribution in [3.05, 3.63) is 65.2 Å². The maximum Gasteiger partial charge on any atom is 0.407 e. The summed E-state index contributed by atoms with van der Waals surface area (Å²) in [6.07, 6.45) is 1.03. The van der Waals surface area contributed by atoms with Crippen molar-refractivity contribution in [2.45, 2.75) is 26.3 Å². The normalized spacial score (nSPS) is 11.7. The second kappa shape index (κ2) is 10.7. The molecule has 7 nitrogen and oxygen atoms in total. The van der Waals surface area contributed by atoms with Gasteiger partial charge in [-0.15, -0.1) is 0 Å². The molecule has 0 saturated heterocycles. The van der Waals surface area contributed by atoms with Gasteiger partial charge in [0.15, 0.2) is 0 Å². The maximum absolute atomic E-state index is 12.3. The van der Waals surface area contributed by atoms with Gasteiger partial charge in [-0.1, -0.05) is 30.3 Å². The molecular weight excluding hydrogens is 358 g/mol. The van der Waals surface area contributed by atoms with Crippen LogP contribution in [0.4, 0.5) is 4.79 Å². The Morgan fingerprint density at radius 1 is 1.18 bits per heavy atom. The van der Waals surface area contributed by atoms with Crippen molar-refractivity contribution >= 4 is 18.2 Å². The Morgan fingerprint density at radius 3 is 2.57 bits per heavy atom. The van der Waals surface area contributed by atoms with Gasteiger partial charge in [0.2, 0.25) is 5.91 Å². The number of nitrogens with one attached hydrogen (secondary N) is 2. The molecule has 0 radical (unpaired) electrons. The third kappa shape index (κ3) is 6.42. The van der Waals surface area contributed by atoms with Crippen LogP contribution < -0.4 is 15.5 Å². The number of hydrogen-bond acceptors (Lipinski definition) is 5. The lowest BCUT2D eigenvalue weighted by Crippen LogP contribution is -2.33. The number of carbonyl (C=O) groups is 2. The number of methoxy groups -OCH3 is 1. The lowest BCUT2D eigenvalue weighted by atomic mass is 10.0. The zero-order chi connectivity index (χ0) is 20.4. The molecule has 0 fully saturated rings. The van der Waals surface area contributed by atoms with E-state index in [1.807, 2.05) is 55.5 Å². The Bertz CT molecular complexity index is 822. The molecule has 0 saturated carbocycles. The Kier molecular flexibility index (Phi) is 8.02. The molecular formula is C21H25N3O4. The number of ether oxygens (including phenoxy) is 2. The van der Waals surface area contributed by atoms with Crippen LogP contribution in [-0.4, -0.2) is 31.9 Å². The number of aryl methyl sites for hydroxylation is 1. The average Bonchev–Trinajstić information content (AvgIpc) is 2.69. The van der Waals surface area contributed by atoms with Crippen LogP contribution >= 0.6 is 0 Å². The van der Waals surface area contributed by atoms with Gasteiger partial charge in [-0.05, 0) is 48.7 Å². The molecule has 0 aliphatic heterocycles. The van der Waals surface area contributed by atoms with Crippen molar-refractivity contribution in [2.24, 2.45) is 5.10 Å². The minimum absolute atomic E-state index is 0.0295. The number of hydrazone groups is 1. The quantitative estimate of drug-likeness (QED) is 0.540. The van der Waals surface area contributed by atoms with Gasteiger partial charge in [0.1, 0.15) is 5.75 Å². The summed E-state index contributed by atoms with van der Waals surface area (Å²) < 4.78 is 10.1. The minimum atomic E-state index is -0.568. The first kappa shape index (κ1) is 21.0. The summed E-state index contributed by atoms with van der Waals surface area (Å²) in [6.45, 7) is 3.91. The molecule has 2 N–H and O–H groups in total. The summed E-state index contributed by atoms with van der Waals surface area (Å²) in [4.78, 5) is 24.1. The van der Waals surface area contributed by atoms with Crippen molar-refractivity contribution < 1.29 is 19.1 Å². The summed E-state index contributed by atoms with van der Waals surface area (Å²) in [5, 5.41) is 6.72. The zero-order valence-corrected chi connectivity index (χ0v) is 16.3. The topological polar surface area (TPSA) is 89.0 Å². The van der Waals surface area contributed by atoms with E-state index < -0.39 is 12.1 Å². The first-order chi connectivity index (χ1) is 13.5.